The highest BCUT2D eigenvalue weighted by atomic mass is 19.1. The molecule has 0 aliphatic carbocycles. The molecule has 0 saturated carbocycles. The van der Waals surface area contributed by atoms with E-state index < -0.39 is 12.0 Å². The normalized spacial score (nSPS) is 15.4. The van der Waals surface area contributed by atoms with Crippen molar-refractivity contribution >= 4 is 28.6 Å². The number of para-hydroxylation sites is 2. The second kappa shape index (κ2) is 7.92. The second-order valence-corrected chi connectivity index (χ2v) is 7.39. The fourth-order valence-corrected chi connectivity index (χ4v) is 4.07. The molecule has 2 heterocycles. The minimum Gasteiger partial charge on any atom is -0.463 e. The summed E-state index contributed by atoms with van der Waals surface area (Å²) in [6.45, 7) is 1.92. The highest BCUT2D eigenvalue weighted by molar-refractivity contribution is 6.03. The maximum absolute atomic E-state index is 13.7. The van der Waals surface area contributed by atoms with E-state index in [2.05, 4.69) is 5.32 Å². The minimum absolute atomic E-state index is 0.187. The largest absolute Gasteiger partial charge is 0.463 e. The first kappa shape index (κ1) is 19.9. The number of benzene rings is 3. The number of esters is 1. The number of anilines is 1. The van der Waals surface area contributed by atoms with Crippen molar-refractivity contribution in [2.45, 2.75) is 13.0 Å². The van der Waals surface area contributed by atoms with E-state index in [0.717, 1.165) is 11.0 Å². The molecule has 1 aliphatic rings. The van der Waals surface area contributed by atoms with Gasteiger partial charge in [-0.05, 0) is 66.6 Å². The number of nitrogens with one attached hydrogen (secondary N) is 1. The molecule has 1 atom stereocenters. The molecule has 3 aromatic carbocycles. The van der Waals surface area contributed by atoms with E-state index in [0.29, 0.717) is 28.3 Å². The van der Waals surface area contributed by atoms with Crippen molar-refractivity contribution in [3.05, 3.63) is 101 Å². The number of aromatic nitrogens is 2. The molecule has 0 amide bonds. The number of hydrogen-bond acceptors (Lipinski definition) is 4. The van der Waals surface area contributed by atoms with Crippen LogP contribution in [0.25, 0.3) is 16.7 Å². The van der Waals surface area contributed by atoms with Crippen molar-refractivity contribution < 1.29 is 18.3 Å². The zero-order chi connectivity index (χ0) is 22.2. The van der Waals surface area contributed by atoms with E-state index in [1.807, 2.05) is 28.8 Å². The van der Waals surface area contributed by atoms with Gasteiger partial charge in [0.15, 0.2) is 0 Å². The average molecular weight is 431 g/mol. The molecular weight excluding hydrogens is 412 g/mol. The predicted octanol–water partition coefficient (Wildman–Crippen LogP) is 5.30. The van der Waals surface area contributed by atoms with E-state index in [4.69, 9.17) is 9.72 Å². The number of ether oxygens (including phenoxy) is 1. The lowest BCUT2D eigenvalue weighted by atomic mass is 9.92. The van der Waals surface area contributed by atoms with Gasteiger partial charge in [-0.25, -0.2) is 18.6 Å². The molecule has 0 radical (unpaired) electrons. The lowest BCUT2D eigenvalue weighted by molar-refractivity contribution is -0.138. The molecule has 160 valence electrons. The molecule has 0 unspecified atom stereocenters. The van der Waals surface area contributed by atoms with Gasteiger partial charge in [-0.3, -0.25) is 4.57 Å². The molecule has 4 aromatic rings. The van der Waals surface area contributed by atoms with Crippen molar-refractivity contribution in [2.24, 2.45) is 0 Å². The fourth-order valence-electron chi connectivity index (χ4n) is 4.07. The summed E-state index contributed by atoms with van der Waals surface area (Å²) in [5.41, 5.74) is 3.66. The predicted molar refractivity (Wildman–Crippen MR) is 118 cm³/mol. The lowest BCUT2D eigenvalue weighted by Crippen LogP contribution is -2.29. The van der Waals surface area contributed by atoms with Gasteiger partial charge in [0.1, 0.15) is 11.6 Å². The van der Waals surface area contributed by atoms with Gasteiger partial charge in [0.2, 0.25) is 5.95 Å². The van der Waals surface area contributed by atoms with Crippen LogP contribution in [-0.2, 0) is 9.53 Å². The van der Waals surface area contributed by atoms with Crippen LogP contribution in [0.15, 0.2) is 78.4 Å². The number of imidazole rings is 1. The topological polar surface area (TPSA) is 56.1 Å². The van der Waals surface area contributed by atoms with E-state index in [1.165, 1.54) is 24.3 Å². The average Bonchev–Trinajstić information content (AvgIpc) is 3.17. The van der Waals surface area contributed by atoms with Crippen LogP contribution in [0.1, 0.15) is 24.1 Å². The third-order valence-electron chi connectivity index (χ3n) is 5.45. The van der Waals surface area contributed by atoms with E-state index in [1.54, 1.807) is 31.2 Å². The number of hydrogen-bond donors (Lipinski definition) is 1. The summed E-state index contributed by atoms with van der Waals surface area (Å²) in [7, 11) is 0. The van der Waals surface area contributed by atoms with Crippen molar-refractivity contribution in [3.63, 3.8) is 0 Å². The van der Waals surface area contributed by atoms with Crippen molar-refractivity contribution in [1.82, 2.24) is 9.55 Å². The Morgan fingerprint density at radius 2 is 1.66 bits per heavy atom. The summed E-state index contributed by atoms with van der Waals surface area (Å²) in [6, 6.07) is 18.8. The SMILES string of the molecule is CCOC(=O)C1=C(c2ccc(F)cc2)Nc2nc3ccccc3n2[C@H]1c1ccc(F)cc1. The summed E-state index contributed by atoms with van der Waals surface area (Å²) >= 11 is 0. The Bertz CT molecular complexity index is 1340. The summed E-state index contributed by atoms with van der Waals surface area (Å²) in [5, 5.41) is 3.26. The smallest absolute Gasteiger partial charge is 0.338 e. The lowest BCUT2D eigenvalue weighted by Gasteiger charge is -2.31. The number of fused-ring (bicyclic) bond motifs is 3. The molecule has 1 aromatic heterocycles. The van der Waals surface area contributed by atoms with Gasteiger partial charge >= 0.3 is 5.97 Å². The van der Waals surface area contributed by atoms with Gasteiger partial charge < -0.3 is 10.1 Å². The first-order chi connectivity index (χ1) is 15.6. The molecule has 1 aliphatic heterocycles. The summed E-state index contributed by atoms with van der Waals surface area (Å²) in [5.74, 6) is -0.756. The third kappa shape index (κ3) is 3.32. The highest BCUT2D eigenvalue weighted by Gasteiger charge is 2.36. The van der Waals surface area contributed by atoms with Crippen LogP contribution in [-0.4, -0.2) is 22.1 Å². The van der Waals surface area contributed by atoms with Crippen LogP contribution < -0.4 is 5.32 Å². The van der Waals surface area contributed by atoms with Crippen molar-refractivity contribution in [3.8, 4) is 0 Å². The Morgan fingerprint density at radius 1 is 1.00 bits per heavy atom. The molecule has 0 spiro atoms. The number of carbonyl (C=O) groups excluding carboxylic acids is 1. The zero-order valence-corrected chi connectivity index (χ0v) is 17.2. The van der Waals surface area contributed by atoms with Crippen LogP contribution in [0.5, 0.6) is 0 Å². The molecule has 0 bridgehead atoms. The van der Waals surface area contributed by atoms with Crippen molar-refractivity contribution in [1.29, 1.82) is 0 Å². The van der Waals surface area contributed by atoms with Gasteiger partial charge in [-0.2, -0.15) is 0 Å². The Labute approximate surface area is 183 Å². The second-order valence-electron chi connectivity index (χ2n) is 7.39. The quantitative estimate of drug-likeness (QED) is 0.446. The minimum atomic E-state index is -0.627. The molecule has 0 fully saturated rings. The van der Waals surface area contributed by atoms with E-state index in [-0.39, 0.29) is 18.2 Å². The van der Waals surface area contributed by atoms with Crippen LogP contribution in [0.4, 0.5) is 14.7 Å². The maximum Gasteiger partial charge on any atom is 0.338 e. The Morgan fingerprint density at radius 3 is 2.34 bits per heavy atom. The Kier molecular flexibility index (Phi) is 4.93. The number of halogens is 2. The van der Waals surface area contributed by atoms with Gasteiger partial charge in [-0.15, -0.1) is 0 Å². The van der Waals surface area contributed by atoms with Crippen LogP contribution in [0.2, 0.25) is 0 Å². The van der Waals surface area contributed by atoms with Gasteiger partial charge in [-0.1, -0.05) is 24.3 Å². The molecule has 1 N–H and O–H groups in total. The number of nitrogens with zero attached hydrogens (tertiary/aromatic N) is 2. The van der Waals surface area contributed by atoms with Gasteiger partial charge in [0.05, 0.1) is 35.0 Å². The summed E-state index contributed by atoms with van der Waals surface area (Å²) in [6.07, 6.45) is 0. The monoisotopic (exact) mass is 431 g/mol. The third-order valence-corrected chi connectivity index (χ3v) is 5.45. The molecule has 5 rings (SSSR count). The van der Waals surface area contributed by atoms with Crippen molar-refractivity contribution in [2.75, 3.05) is 11.9 Å². The number of rotatable bonds is 4. The number of carbonyl (C=O) groups is 1. The van der Waals surface area contributed by atoms with Crippen LogP contribution >= 0.6 is 0 Å². The zero-order valence-electron chi connectivity index (χ0n) is 17.2. The molecule has 0 saturated heterocycles. The van der Waals surface area contributed by atoms with E-state index >= 15 is 0 Å². The Balaban J connectivity index is 1.82. The highest BCUT2D eigenvalue weighted by Crippen LogP contribution is 2.42. The summed E-state index contributed by atoms with van der Waals surface area (Å²) in [4.78, 5) is 18.0. The molecular formula is C25H19F2N3O2. The van der Waals surface area contributed by atoms with Crippen LogP contribution in [0, 0.1) is 11.6 Å². The molecule has 7 heteroatoms. The van der Waals surface area contributed by atoms with E-state index in [9.17, 15) is 13.6 Å². The first-order valence-electron chi connectivity index (χ1n) is 10.2. The summed E-state index contributed by atoms with van der Waals surface area (Å²) < 4.78 is 34.7. The first-order valence-corrected chi connectivity index (χ1v) is 10.2. The molecule has 5 nitrogen and oxygen atoms in total. The fraction of sp³-hybridized carbons (Fsp3) is 0.120. The van der Waals surface area contributed by atoms with Gasteiger partial charge in [0, 0.05) is 0 Å². The Hall–Kier alpha value is -4.00. The molecule has 32 heavy (non-hydrogen) atoms. The standard InChI is InChI=1S/C25H19F2N3O2/c1-2-32-24(31)21-22(15-7-11-17(26)12-8-15)29-25-28-19-5-3-4-6-20(19)30(25)23(21)16-9-13-18(27)14-10-16/h3-14,23H,2H2,1H3,(H,28,29)/t23-/m0/s1. The van der Waals surface area contributed by atoms with Crippen LogP contribution in [0.3, 0.4) is 0 Å². The maximum atomic E-state index is 13.7. The van der Waals surface area contributed by atoms with Gasteiger partial charge in [0.25, 0.3) is 0 Å².